The number of amides is 15. The van der Waals surface area contributed by atoms with Gasteiger partial charge in [0, 0.05) is 102 Å². The minimum atomic E-state index is -2.22. The maximum atomic E-state index is 15.7. The third-order valence-electron chi connectivity index (χ3n) is 23.1. The lowest BCUT2D eigenvalue weighted by Gasteiger charge is -2.38. The number of aliphatic hydroxyl groups excluding tert-OH is 2. The highest BCUT2D eigenvalue weighted by molar-refractivity contribution is 8.00. The average molecular weight is 1890 g/mol. The fourth-order valence-corrected chi connectivity index (χ4v) is 16.9. The highest BCUT2D eigenvalue weighted by atomic mass is 32.2. The highest BCUT2D eigenvalue weighted by Gasteiger charge is 2.49. The molecule has 18 N–H and O–H groups in total. The number of H-pyrrole nitrogens is 1. The predicted molar refractivity (Wildman–Crippen MR) is 472 cm³/mol. The molecule has 44 heteroatoms. The number of phenolic OH excluding ortho intramolecular Hbond substituents is 1. The molecule has 0 aliphatic carbocycles. The summed E-state index contributed by atoms with van der Waals surface area (Å²) in [5.74, 6) is -31.2. The van der Waals surface area contributed by atoms with E-state index in [1.807, 2.05) is 0 Å². The number of aromatic nitrogens is 1. The molecule has 3 aliphatic rings. The van der Waals surface area contributed by atoms with Gasteiger partial charge in [0.1, 0.15) is 84.3 Å². The molecule has 134 heavy (non-hydrogen) atoms. The number of benzene rings is 5. The van der Waals surface area contributed by atoms with Crippen LogP contribution < -0.4 is 53.6 Å². The van der Waals surface area contributed by atoms with Crippen molar-refractivity contribution < 1.29 is 130 Å². The zero-order chi connectivity index (χ0) is 98.2. The Kier molecular flexibility index (Phi) is 37.0. The van der Waals surface area contributed by atoms with Crippen molar-refractivity contribution in [2.45, 2.75) is 195 Å². The number of phenols is 1. The molecule has 0 unspecified atom stereocenters. The monoisotopic (exact) mass is 1890 g/mol. The van der Waals surface area contributed by atoms with Crippen LogP contribution in [0.25, 0.3) is 10.9 Å². The summed E-state index contributed by atoms with van der Waals surface area (Å²) in [4.78, 5) is 269. The number of carbonyl (C=O) groups excluding carboxylic acids is 15. The number of aromatic amines is 1. The minimum absolute atomic E-state index is 0.176. The number of para-hydroxylation sites is 1. The van der Waals surface area contributed by atoms with Gasteiger partial charge in [-0.15, -0.1) is 11.8 Å². The van der Waals surface area contributed by atoms with Crippen LogP contribution in [-0.4, -0.2) is 310 Å². The normalized spacial score (nSPS) is 24.5. The maximum absolute atomic E-state index is 15.7. The van der Waals surface area contributed by atoms with Gasteiger partial charge in [-0.1, -0.05) is 125 Å². The van der Waals surface area contributed by atoms with Crippen molar-refractivity contribution in [2.24, 2.45) is 11.7 Å². The van der Waals surface area contributed by atoms with E-state index in [2.05, 4.69) is 52.8 Å². The number of aromatic hydroxyl groups is 1. The van der Waals surface area contributed by atoms with E-state index >= 15 is 51.9 Å². The Bertz CT molecular complexity index is 5310. The highest BCUT2D eigenvalue weighted by Crippen LogP contribution is 2.29. The van der Waals surface area contributed by atoms with E-state index in [1.54, 1.807) is 91.9 Å². The smallest absolute Gasteiger partial charge is 0.305 e. The van der Waals surface area contributed by atoms with Crippen molar-refractivity contribution in [3.05, 3.63) is 173 Å². The standard InChI is InChI=1S/C90H109F3N16O24S/c1-7-8-23-66-89(132)109-43-54(112)36-69(109)85(128)101-62(38-74(117)118)82(125)104-77(46(2)3)90(133)106(5)67(32-47-17-11-9-12-18-47)83(126)102-64(39-75(119)120)87(130)108-42-53(111)35-68(108)84(127)100-60(34-51-40-95-58-22-16-15-21-55(51)58)80(123)98-59(30-49-24-26-52(110)27-25-49)79(122)99-61(37-73(115)116)81(124)103-65(78(121)96-41-71(94)113)44-134-45-72(114)97-63(31-50-28-56(91)76(93)57(92)29-50)86(129)107(6)70(88(131)105(66)4)33-48-19-13-10-14-20-48/h9-22,24-29,40,46,53-54,59-70,77,95,110-112H,7-8,23,30-39,41-45H2,1-6H3,(H2,94,113)(H,96,121)(H,97,114)(H,98,123)(H,99,122)(H,100,127)(H,101,128)(H,102,126)(H,103,124)(H,104,125)(H,115,116)(H,117,118)(H,119,120)/t53-,54-,59+,60+,61+,62+,63+,64+,65+,66+,67+,68-,69-,70+,77+/m1/s1. The van der Waals surface area contributed by atoms with Gasteiger partial charge in [0.25, 0.3) is 0 Å². The minimum Gasteiger partial charge on any atom is -0.508 e. The van der Waals surface area contributed by atoms with E-state index in [4.69, 9.17) is 5.73 Å². The van der Waals surface area contributed by atoms with Gasteiger partial charge >= 0.3 is 17.9 Å². The third kappa shape index (κ3) is 28.3. The average Bonchev–Trinajstić information content (AvgIpc) is 1.62. The maximum Gasteiger partial charge on any atom is 0.305 e. The first-order valence-electron chi connectivity index (χ1n) is 43.0. The molecule has 3 aliphatic heterocycles. The van der Waals surface area contributed by atoms with Crippen molar-refractivity contribution in [3.63, 3.8) is 0 Å². The number of carboxylic acids is 3. The Morgan fingerprint density at radius 3 is 1.51 bits per heavy atom. The lowest BCUT2D eigenvalue weighted by molar-refractivity contribution is -0.152. The third-order valence-corrected chi connectivity index (χ3v) is 24.2. The Hall–Kier alpha value is -14.0. The number of halogens is 3. The summed E-state index contributed by atoms with van der Waals surface area (Å²) in [5, 5.41) is 86.3. The summed E-state index contributed by atoms with van der Waals surface area (Å²) in [6.45, 7) is 2.43. The molecule has 0 radical (unpaired) electrons. The van der Waals surface area contributed by atoms with Gasteiger partial charge in [0.2, 0.25) is 88.6 Å². The quantitative estimate of drug-likeness (QED) is 0.0332. The largest absolute Gasteiger partial charge is 0.508 e. The van der Waals surface area contributed by atoms with Gasteiger partial charge in [-0.05, 0) is 70.5 Å². The number of carbonyl (C=O) groups is 18. The fourth-order valence-electron chi connectivity index (χ4n) is 16.0. The number of aliphatic hydroxyl groups is 2. The molecule has 4 heterocycles. The molecule has 15 atom stereocenters. The van der Waals surface area contributed by atoms with Crippen molar-refractivity contribution >= 4 is 129 Å². The van der Waals surface area contributed by atoms with E-state index in [-0.39, 0.29) is 30.6 Å². The second-order valence-corrected chi connectivity index (χ2v) is 34.5. The molecule has 9 rings (SSSR count). The first kappa shape index (κ1) is 104. The summed E-state index contributed by atoms with van der Waals surface area (Å²) >= 11 is 0.521. The lowest BCUT2D eigenvalue weighted by Crippen LogP contribution is -2.62. The summed E-state index contributed by atoms with van der Waals surface area (Å²) in [7, 11) is 3.43. The molecule has 1 aromatic heterocycles. The van der Waals surface area contributed by atoms with Crippen LogP contribution in [0.3, 0.4) is 0 Å². The first-order valence-corrected chi connectivity index (χ1v) is 44.2. The Balaban J connectivity index is 1.14. The number of thioether (sulfide) groups is 1. The lowest BCUT2D eigenvalue weighted by atomic mass is 9.98. The van der Waals surface area contributed by atoms with E-state index in [9.17, 15) is 78.2 Å². The van der Waals surface area contributed by atoms with Gasteiger partial charge < -0.3 is 114 Å². The molecular formula is C90H109F3N16O24S. The van der Waals surface area contributed by atoms with E-state index in [1.165, 1.54) is 51.4 Å². The zero-order valence-corrected chi connectivity index (χ0v) is 74.8. The molecular weight excluding hydrogens is 1780 g/mol. The summed E-state index contributed by atoms with van der Waals surface area (Å²) < 4.78 is 45.0. The van der Waals surface area contributed by atoms with Crippen molar-refractivity contribution in [1.29, 1.82) is 0 Å². The molecule has 15 amide bonds. The van der Waals surface area contributed by atoms with Crippen LogP contribution in [0.5, 0.6) is 5.75 Å². The molecule has 720 valence electrons. The van der Waals surface area contributed by atoms with Crippen LogP contribution in [0, 0.1) is 23.4 Å². The molecule has 0 spiro atoms. The van der Waals surface area contributed by atoms with Crippen LogP contribution in [0.4, 0.5) is 13.2 Å². The molecule has 3 fully saturated rings. The van der Waals surface area contributed by atoms with Crippen LogP contribution >= 0.6 is 11.8 Å². The number of rotatable bonds is 23. The molecule has 5 aromatic carbocycles. The summed E-state index contributed by atoms with van der Waals surface area (Å²) in [5.41, 5.74) is 6.72. The van der Waals surface area contributed by atoms with Gasteiger partial charge in [-0.2, -0.15) is 0 Å². The van der Waals surface area contributed by atoms with Gasteiger partial charge in [-0.25, -0.2) is 13.2 Å². The summed E-state index contributed by atoms with van der Waals surface area (Å²) in [6.07, 6.45) is -8.71. The van der Waals surface area contributed by atoms with E-state index in [0.717, 1.165) is 38.6 Å². The van der Waals surface area contributed by atoms with Crippen LogP contribution in [0.1, 0.15) is 100.0 Å². The number of primary amides is 1. The van der Waals surface area contributed by atoms with Crippen molar-refractivity contribution in [3.8, 4) is 5.75 Å². The molecule has 3 saturated heterocycles. The number of likely N-dealkylation sites (N-methyl/N-ethyl adjacent to an activating group) is 3. The van der Waals surface area contributed by atoms with Crippen LogP contribution in [-0.2, 0) is 118 Å². The van der Waals surface area contributed by atoms with Crippen LogP contribution in [0.15, 0.2) is 128 Å². The first-order chi connectivity index (χ1) is 63.5. The van der Waals surface area contributed by atoms with Gasteiger partial charge in [-0.3, -0.25) is 86.3 Å². The number of fused-ring (bicyclic) bond motifs is 3. The number of hydrogen-bond donors (Lipinski definition) is 17. The Labute approximate surface area is 770 Å². The summed E-state index contributed by atoms with van der Waals surface area (Å²) in [6, 6.07) is 4.06. The number of aliphatic carboxylic acids is 3. The van der Waals surface area contributed by atoms with E-state index < -0.39 is 315 Å². The topological polar surface area (TPSA) is 595 Å². The zero-order valence-electron chi connectivity index (χ0n) is 74.0. The molecule has 40 nitrogen and oxygen atoms in total. The van der Waals surface area contributed by atoms with Crippen LogP contribution in [0.2, 0.25) is 0 Å². The van der Waals surface area contributed by atoms with Crippen molar-refractivity contribution in [1.82, 2.24) is 77.3 Å². The fraction of sp³-hybridized carbons (Fsp3) is 0.444. The number of nitrogens with one attached hydrogen (secondary N) is 10. The molecule has 6 aromatic rings. The number of nitrogens with zero attached hydrogens (tertiary/aromatic N) is 5. The second kappa shape index (κ2) is 47.9. The molecule has 0 saturated carbocycles. The van der Waals surface area contributed by atoms with Gasteiger partial charge in [0.15, 0.2) is 17.5 Å². The number of nitrogens with two attached hydrogens (primary N) is 1. The molecule has 0 bridgehead atoms. The van der Waals surface area contributed by atoms with Crippen molar-refractivity contribution in [2.75, 3.05) is 52.3 Å². The SMILES string of the molecule is CCCC[C@H]1C(=O)N2C[C@H](O)C[C@@H]2C(=O)N[C@@H](CC(=O)O)C(=O)N[C@@H](C(C)C)C(=O)N(C)[C@@H](Cc2ccccc2)C(=O)N[C@@H](CC(=O)O)C(=O)N2C[C@H](O)C[C@@H]2C(=O)N[C@@H](Cc2c[nH]c3ccccc23)C(=O)N[C@@H](Cc2ccc(O)cc2)C(=O)N[C@@H](CC(=O)O)C(=O)N[C@H](C(=O)NCC(N)=O)CSCC(=O)N[C@@H](Cc2cc(F)c(F)c(F)c2)C(=O)N(C)[C@@H](Cc2ccccc2)C(=O)N1C. The Morgan fingerprint density at radius 2 is 0.955 bits per heavy atom. The predicted octanol–water partition coefficient (Wildman–Crippen LogP) is -1.29. The number of unbranched alkanes of at least 4 members (excludes halogenated alkanes) is 1. The number of hydrogen-bond acceptors (Lipinski definition) is 22. The number of carboxylic acid groups (broad SMARTS) is 3. The second-order valence-electron chi connectivity index (χ2n) is 33.4. The Morgan fingerprint density at radius 1 is 0.493 bits per heavy atom. The van der Waals surface area contributed by atoms with E-state index in [0.29, 0.717) is 57.9 Å². The van der Waals surface area contributed by atoms with Gasteiger partial charge in [0.05, 0.1) is 43.8 Å².